The number of carbonyl (C=O) groups is 1. The summed E-state index contributed by atoms with van der Waals surface area (Å²) in [5.74, 6) is -0.748. The van der Waals surface area contributed by atoms with Crippen molar-refractivity contribution in [2.45, 2.75) is 26.7 Å². The average molecular weight is 233 g/mol. The van der Waals surface area contributed by atoms with Crippen LogP contribution in [0.3, 0.4) is 0 Å². The van der Waals surface area contributed by atoms with Gasteiger partial charge in [-0.1, -0.05) is 33.7 Å². The van der Waals surface area contributed by atoms with Gasteiger partial charge in [0.05, 0.1) is 0 Å². The summed E-state index contributed by atoms with van der Waals surface area (Å²) in [6.45, 7) is 3.86. The molecule has 0 fully saturated rings. The largest absolute Gasteiger partial charge is 0.481 e. The molecule has 12 heavy (non-hydrogen) atoms. The summed E-state index contributed by atoms with van der Waals surface area (Å²) in [4.78, 5) is 10.2. The molecule has 0 radical (unpaired) electrons. The van der Waals surface area contributed by atoms with Crippen molar-refractivity contribution >= 4 is 21.9 Å². The minimum Gasteiger partial charge on any atom is -0.481 e. The fourth-order valence-corrected chi connectivity index (χ4v) is 0.777. The summed E-state index contributed by atoms with van der Waals surface area (Å²) in [5, 5.41) is 8.39. The first-order chi connectivity index (χ1) is 5.52. The highest BCUT2D eigenvalue weighted by Crippen LogP contribution is 2.07. The highest BCUT2D eigenvalue weighted by atomic mass is 79.9. The molecule has 0 rings (SSSR count). The first-order valence-electron chi connectivity index (χ1n) is 3.73. The Morgan fingerprint density at radius 3 is 2.33 bits per heavy atom. The highest BCUT2D eigenvalue weighted by molar-refractivity contribution is 9.11. The fourth-order valence-electron chi connectivity index (χ4n) is 0.645. The van der Waals surface area contributed by atoms with Gasteiger partial charge in [-0.25, -0.2) is 0 Å². The maximum Gasteiger partial charge on any atom is 0.303 e. The van der Waals surface area contributed by atoms with E-state index in [0.717, 1.165) is 10.1 Å². The zero-order chi connectivity index (χ0) is 9.56. The Morgan fingerprint density at radius 1 is 1.33 bits per heavy atom. The van der Waals surface area contributed by atoms with Crippen molar-refractivity contribution in [2.75, 3.05) is 0 Å². The minimum absolute atomic E-state index is 0.206. The molecule has 0 atom stereocenters. The lowest BCUT2D eigenvalue weighted by Crippen LogP contribution is -1.93. The molecule has 0 aliphatic heterocycles. The average Bonchev–Trinajstić information content (AvgIpc) is 1.96. The van der Waals surface area contributed by atoms with E-state index < -0.39 is 5.97 Å². The molecule has 0 saturated heterocycles. The van der Waals surface area contributed by atoms with E-state index in [1.165, 1.54) is 0 Å². The number of aliphatic carboxylic acids is 1. The molecule has 0 unspecified atom stereocenters. The van der Waals surface area contributed by atoms with Crippen molar-refractivity contribution in [2.24, 2.45) is 0 Å². The molecular formula is C9H13BrO2. The van der Waals surface area contributed by atoms with Crippen LogP contribution in [-0.4, -0.2) is 11.1 Å². The summed E-state index contributed by atoms with van der Waals surface area (Å²) < 4.78 is 1.04. The molecule has 0 aliphatic carbocycles. The molecule has 0 aromatic rings. The molecule has 68 valence electrons. The third kappa shape index (κ3) is 7.54. The molecule has 0 aliphatic rings. The zero-order valence-electron chi connectivity index (χ0n) is 7.30. The van der Waals surface area contributed by atoms with E-state index in [9.17, 15) is 4.79 Å². The smallest absolute Gasteiger partial charge is 0.303 e. The lowest BCUT2D eigenvalue weighted by Gasteiger charge is -1.95. The standard InChI is InChI=1S/C9H13BrO2/c1-7(3-5-8(2)10)4-6-9(11)12/h3,5H,4,6H2,1-2H3,(H,11,12)/b7-3+,8-5+. The van der Waals surface area contributed by atoms with Crippen molar-refractivity contribution in [1.82, 2.24) is 0 Å². The Kier molecular flexibility index (Phi) is 5.72. The first kappa shape index (κ1) is 11.4. The van der Waals surface area contributed by atoms with Gasteiger partial charge in [-0.05, 0) is 24.8 Å². The second-order valence-corrected chi connectivity index (χ2v) is 3.91. The van der Waals surface area contributed by atoms with Crippen LogP contribution in [0.1, 0.15) is 26.7 Å². The normalized spacial score (nSPS) is 13.2. The van der Waals surface area contributed by atoms with Gasteiger partial charge in [0.15, 0.2) is 0 Å². The predicted octanol–water partition coefficient (Wildman–Crippen LogP) is 3.10. The van der Waals surface area contributed by atoms with Gasteiger partial charge in [0, 0.05) is 6.42 Å². The summed E-state index contributed by atoms with van der Waals surface area (Å²) in [5.41, 5.74) is 1.08. The van der Waals surface area contributed by atoms with Crippen LogP contribution in [0.25, 0.3) is 0 Å². The van der Waals surface area contributed by atoms with Gasteiger partial charge in [0.1, 0.15) is 0 Å². The van der Waals surface area contributed by atoms with E-state index in [-0.39, 0.29) is 6.42 Å². The van der Waals surface area contributed by atoms with Gasteiger partial charge in [-0.3, -0.25) is 4.79 Å². The first-order valence-corrected chi connectivity index (χ1v) is 4.53. The summed E-state index contributed by atoms with van der Waals surface area (Å²) >= 11 is 3.28. The molecule has 0 spiro atoms. The third-order valence-corrected chi connectivity index (χ3v) is 1.60. The van der Waals surface area contributed by atoms with Crippen LogP contribution in [0.2, 0.25) is 0 Å². The summed E-state index contributed by atoms with van der Waals surface area (Å²) in [6.07, 6.45) is 4.66. The molecule has 2 nitrogen and oxygen atoms in total. The molecule has 0 amide bonds. The van der Waals surface area contributed by atoms with Crippen molar-refractivity contribution in [3.63, 3.8) is 0 Å². The second kappa shape index (κ2) is 6.00. The SMILES string of the molecule is C/C(Br)=C\C=C(/C)CCC(=O)O. The molecule has 0 bridgehead atoms. The third-order valence-electron chi connectivity index (χ3n) is 1.33. The van der Waals surface area contributed by atoms with Gasteiger partial charge in [-0.15, -0.1) is 0 Å². The van der Waals surface area contributed by atoms with E-state index in [1.54, 1.807) is 0 Å². The van der Waals surface area contributed by atoms with Crippen LogP contribution in [0, 0.1) is 0 Å². The molecule has 0 saturated carbocycles. The monoisotopic (exact) mass is 232 g/mol. The van der Waals surface area contributed by atoms with E-state index in [4.69, 9.17) is 5.11 Å². The lowest BCUT2D eigenvalue weighted by atomic mass is 10.1. The van der Waals surface area contributed by atoms with Crippen LogP contribution >= 0.6 is 15.9 Å². The van der Waals surface area contributed by atoms with Gasteiger partial charge in [0.25, 0.3) is 0 Å². The second-order valence-electron chi connectivity index (χ2n) is 2.66. The number of hydrogen-bond acceptors (Lipinski definition) is 1. The van der Waals surface area contributed by atoms with Crippen LogP contribution in [-0.2, 0) is 4.79 Å². The van der Waals surface area contributed by atoms with Crippen molar-refractivity contribution in [3.05, 3.63) is 22.2 Å². The molecule has 0 aromatic heterocycles. The topological polar surface area (TPSA) is 37.3 Å². The summed E-state index contributed by atoms with van der Waals surface area (Å²) in [6, 6.07) is 0. The van der Waals surface area contributed by atoms with E-state index in [2.05, 4.69) is 15.9 Å². The number of halogens is 1. The zero-order valence-corrected chi connectivity index (χ0v) is 8.89. The Labute approximate surface area is 81.1 Å². The molecule has 1 N–H and O–H groups in total. The van der Waals surface area contributed by atoms with Crippen molar-refractivity contribution < 1.29 is 9.90 Å². The van der Waals surface area contributed by atoms with Crippen LogP contribution in [0.5, 0.6) is 0 Å². The van der Waals surface area contributed by atoms with Gasteiger partial charge in [0.2, 0.25) is 0 Å². The maximum atomic E-state index is 10.2. The molecule has 3 heteroatoms. The van der Waals surface area contributed by atoms with Gasteiger partial charge in [-0.2, -0.15) is 0 Å². The van der Waals surface area contributed by atoms with Gasteiger partial charge >= 0.3 is 5.97 Å². The lowest BCUT2D eigenvalue weighted by molar-refractivity contribution is -0.136. The van der Waals surface area contributed by atoms with Crippen molar-refractivity contribution in [3.8, 4) is 0 Å². The summed E-state index contributed by atoms with van der Waals surface area (Å²) in [7, 11) is 0. The van der Waals surface area contributed by atoms with Crippen molar-refractivity contribution in [1.29, 1.82) is 0 Å². The van der Waals surface area contributed by atoms with Crippen LogP contribution < -0.4 is 0 Å². The Bertz CT molecular complexity index is 213. The van der Waals surface area contributed by atoms with Crippen LogP contribution in [0.15, 0.2) is 22.2 Å². The number of hydrogen-bond donors (Lipinski definition) is 1. The highest BCUT2D eigenvalue weighted by Gasteiger charge is 1.96. The van der Waals surface area contributed by atoms with E-state index in [1.807, 2.05) is 26.0 Å². The minimum atomic E-state index is -0.748. The Morgan fingerprint density at radius 2 is 1.92 bits per heavy atom. The van der Waals surface area contributed by atoms with Gasteiger partial charge < -0.3 is 5.11 Å². The number of allylic oxidation sites excluding steroid dienone is 4. The molecule has 0 aromatic carbocycles. The number of carboxylic acids is 1. The number of rotatable bonds is 4. The Hall–Kier alpha value is -0.570. The number of carboxylic acid groups (broad SMARTS) is 1. The fraction of sp³-hybridized carbons (Fsp3) is 0.444. The van der Waals surface area contributed by atoms with E-state index >= 15 is 0 Å². The van der Waals surface area contributed by atoms with E-state index in [0.29, 0.717) is 6.42 Å². The molecular weight excluding hydrogens is 220 g/mol. The maximum absolute atomic E-state index is 10.2. The quantitative estimate of drug-likeness (QED) is 0.757. The van der Waals surface area contributed by atoms with Crippen LogP contribution in [0.4, 0.5) is 0 Å². The Balaban J connectivity index is 3.86. The predicted molar refractivity (Wildman–Crippen MR) is 53.3 cm³/mol. The molecule has 0 heterocycles.